The van der Waals surface area contributed by atoms with E-state index >= 15 is 0 Å². The average molecular weight is 343 g/mol. The Labute approximate surface area is 148 Å². The van der Waals surface area contributed by atoms with E-state index in [2.05, 4.69) is 35.3 Å². The number of fused-ring (bicyclic) bond motifs is 1. The molecular weight excluding hydrogens is 318 g/mol. The maximum atomic E-state index is 12.4. The van der Waals surface area contributed by atoms with Crippen LogP contribution in [0.4, 0.5) is 5.69 Å². The van der Waals surface area contributed by atoms with Crippen LogP contribution in [0.5, 0.6) is 0 Å². The van der Waals surface area contributed by atoms with E-state index in [0.717, 1.165) is 25.3 Å². The summed E-state index contributed by atoms with van der Waals surface area (Å²) in [4.78, 5) is 14.9. The Hall–Kier alpha value is -2.18. The van der Waals surface area contributed by atoms with Crippen molar-refractivity contribution in [2.45, 2.75) is 40.0 Å². The molecule has 1 aromatic carbocycles. The average Bonchev–Trinajstić information content (AvgIpc) is 3.20. The van der Waals surface area contributed by atoms with Crippen LogP contribution >= 0.6 is 0 Å². The van der Waals surface area contributed by atoms with Gasteiger partial charge in [-0.05, 0) is 36.1 Å². The number of ether oxygens (including phenoxy) is 1. The van der Waals surface area contributed by atoms with Gasteiger partial charge in [0.1, 0.15) is 6.61 Å². The molecule has 0 radical (unpaired) electrons. The molecule has 2 aromatic rings. The Bertz CT molecular complexity index is 739. The third-order valence-electron chi connectivity index (χ3n) is 4.40. The number of carbonyl (C=O) groups excluding carboxylic acids is 1. The van der Waals surface area contributed by atoms with Crippen LogP contribution in [-0.4, -0.2) is 29.6 Å². The molecule has 0 aliphatic carbocycles. The molecule has 0 bridgehead atoms. The van der Waals surface area contributed by atoms with E-state index in [4.69, 9.17) is 9.26 Å². The lowest BCUT2D eigenvalue weighted by molar-refractivity contribution is 0.101. The Morgan fingerprint density at radius 1 is 1.40 bits per heavy atom. The Morgan fingerprint density at radius 3 is 3.00 bits per heavy atom. The monoisotopic (exact) mass is 343 g/mol. The van der Waals surface area contributed by atoms with Crippen LogP contribution in [-0.2, 0) is 24.4 Å². The van der Waals surface area contributed by atoms with Crippen molar-refractivity contribution in [1.82, 2.24) is 10.1 Å². The lowest BCUT2D eigenvalue weighted by Gasteiger charge is -2.16. The number of amides is 1. The number of methoxy groups -OCH3 is 1. The van der Waals surface area contributed by atoms with Crippen molar-refractivity contribution in [3.05, 3.63) is 46.8 Å². The van der Waals surface area contributed by atoms with Gasteiger partial charge in [0.15, 0.2) is 11.5 Å². The molecule has 1 aliphatic heterocycles. The first-order valence-corrected chi connectivity index (χ1v) is 8.66. The van der Waals surface area contributed by atoms with Gasteiger partial charge in [-0.15, -0.1) is 0 Å². The summed E-state index contributed by atoms with van der Waals surface area (Å²) in [6.45, 7) is 7.66. The summed E-state index contributed by atoms with van der Waals surface area (Å²) >= 11 is 0. The zero-order chi connectivity index (χ0) is 17.8. The van der Waals surface area contributed by atoms with Gasteiger partial charge >= 0.3 is 0 Å². The molecule has 2 heterocycles. The number of aromatic nitrogens is 1. The van der Waals surface area contributed by atoms with Crippen molar-refractivity contribution in [3.63, 3.8) is 0 Å². The fourth-order valence-corrected chi connectivity index (χ4v) is 3.02. The van der Waals surface area contributed by atoms with Gasteiger partial charge in [-0.1, -0.05) is 31.1 Å². The second-order valence-electron chi connectivity index (χ2n) is 6.90. The lowest BCUT2D eigenvalue weighted by Crippen LogP contribution is -2.19. The van der Waals surface area contributed by atoms with Crippen molar-refractivity contribution < 1.29 is 14.1 Å². The first-order chi connectivity index (χ1) is 12.1. The van der Waals surface area contributed by atoms with Crippen LogP contribution in [0.25, 0.3) is 0 Å². The molecule has 6 heteroatoms. The molecule has 134 valence electrons. The number of rotatable bonds is 7. The van der Waals surface area contributed by atoms with Crippen molar-refractivity contribution >= 4 is 11.6 Å². The molecule has 1 amide bonds. The van der Waals surface area contributed by atoms with Gasteiger partial charge in [0, 0.05) is 32.0 Å². The molecule has 3 rings (SSSR count). The SMILES string of the molecule is COCc1cc(C(=O)Nc2cccc3c2CN(CCC(C)C)C3)no1. The van der Waals surface area contributed by atoms with Crippen molar-refractivity contribution in [1.29, 1.82) is 0 Å². The molecule has 1 aliphatic rings. The van der Waals surface area contributed by atoms with E-state index in [1.165, 1.54) is 17.5 Å². The number of benzene rings is 1. The second-order valence-corrected chi connectivity index (χ2v) is 6.90. The van der Waals surface area contributed by atoms with Crippen molar-refractivity contribution in [2.75, 3.05) is 19.0 Å². The van der Waals surface area contributed by atoms with Gasteiger partial charge in [0.05, 0.1) is 0 Å². The number of nitrogens with one attached hydrogen (secondary N) is 1. The summed E-state index contributed by atoms with van der Waals surface area (Å²) in [5.74, 6) is 0.960. The van der Waals surface area contributed by atoms with Crippen molar-refractivity contribution in [3.8, 4) is 0 Å². The molecule has 0 spiro atoms. The topological polar surface area (TPSA) is 67.6 Å². The molecule has 0 saturated heterocycles. The zero-order valence-corrected chi connectivity index (χ0v) is 15.0. The maximum Gasteiger partial charge on any atom is 0.277 e. The predicted molar refractivity (Wildman–Crippen MR) is 95.2 cm³/mol. The molecule has 0 unspecified atom stereocenters. The second kappa shape index (κ2) is 7.80. The third kappa shape index (κ3) is 4.27. The fraction of sp³-hybridized carbons (Fsp3) is 0.474. The highest BCUT2D eigenvalue weighted by atomic mass is 16.5. The summed E-state index contributed by atoms with van der Waals surface area (Å²) in [6.07, 6.45) is 1.18. The standard InChI is InChI=1S/C19H25N3O3/c1-13(2)7-8-22-10-14-5-4-6-17(16(14)11-22)20-19(23)18-9-15(12-24-3)25-21-18/h4-6,9,13H,7-8,10-12H2,1-3H3,(H,20,23). The normalized spacial score (nSPS) is 14.1. The highest BCUT2D eigenvalue weighted by Crippen LogP contribution is 2.30. The van der Waals surface area contributed by atoms with Crippen molar-refractivity contribution in [2.24, 2.45) is 5.92 Å². The van der Waals surface area contributed by atoms with Gasteiger partial charge in [-0.2, -0.15) is 0 Å². The maximum absolute atomic E-state index is 12.4. The lowest BCUT2D eigenvalue weighted by atomic mass is 10.1. The number of carbonyl (C=O) groups is 1. The van der Waals surface area contributed by atoms with E-state index in [1.807, 2.05) is 12.1 Å². The van der Waals surface area contributed by atoms with Crippen LogP contribution in [0.15, 0.2) is 28.8 Å². The van der Waals surface area contributed by atoms with Crippen LogP contribution in [0, 0.1) is 5.92 Å². The summed E-state index contributed by atoms with van der Waals surface area (Å²) in [7, 11) is 1.57. The molecule has 6 nitrogen and oxygen atoms in total. The van der Waals surface area contributed by atoms with E-state index in [1.54, 1.807) is 13.2 Å². The quantitative estimate of drug-likeness (QED) is 0.834. The van der Waals surface area contributed by atoms with E-state index < -0.39 is 0 Å². The molecule has 1 aromatic heterocycles. The number of hydrogen-bond donors (Lipinski definition) is 1. The highest BCUT2D eigenvalue weighted by Gasteiger charge is 2.23. The van der Waals surface area contributed by atoms with Gasteiger partial charge in [0.25, 0.3) is 5.91 Å². The van der Waals surface area contributed by atoms with Crippen LogP contribution in [0.1, 0.15) is 47.6 Å². The molecule has 1 N–H and O–H groups in total. The largest absolute Gasteiger partial charge is 0.377 e. The Kier molecular flexibility index (Phi) is 5.50. The van der Waals surface area contributed by atoms with E-state index in [9.17, 15) is 4.79 Å². The summed E-state index contributed by atoms with van der Waals surface area (Å²) in [6, 6.07) is 7.67. The van der Waals surface area contributed by atoms with E-state index in [0.29, 0.717) is 18.3 Å². The van der Waals surface area contributed by atoms with Gasteiger partial charge in [-0.3, -0.25) is 9.69 Å². The summed E-state index contributed by atoms with van der Waals surface area (Å²) in [5, 5.41) is 6.78. The fourth-order valence-electron chi connectivity index (χ4n) is 3.02. The number of hydrogen-bond acceptors (Lipinski definition) is 5. The molecule has 0 atom stereocenters. The van der Waals surface area contributed by atoms with Gasteiger partial charge in [-0.25, -0.2) is 0 Å². The molecule has 0 saturated carbocycles. The molecular formula is C19H25N3O3. The highest BCUT2D eigenvalue weighted by molar-refractivity contribution is 6.03. The van der Waals surface area contributed by atoms with Gasteiger partial charge < -0.3 is 14.6 Å². The predicted octanol–water partition coefficient (Wildman–Crippen LogP) is 3.44. The zero-order valence-electron chi connectivity index (χ0n) is 15.0. The summed E-state index contributed by atoms with van der Waals surface area (Å²) < 4.78 is 10.1. The first kappa shape index (κ1) is 17.6. The minimum atomic E-state index is -0.264. The number of anilines is 1. The van der Waals surface area contributed by atoms with Crippen LogP contribution in [0.3, 0.4) is 0 Å². The smallest absolute Gasteiger partial charge is 0.277 e. The minimum Gasteiger partial charge on any atom is -0.377 e. The minimum absolute atomic E-state index is 0.263. The third-order valence-corrected chi connectivity index (χ3v) is 4.40. The Morgan fingerprint density at radius 2 is 2.24 bits per heavy atom. The van der Waals surface area contributed by atoms with E-state index in [-0.39, 0.29) is 11.6 Å². The van der Waals surface area contributed by atoms with Crippen LogP contribution < -0.4 is 5.32 Å². The van der Waals surface area contributed by atoms with Crippen LogP contribution in [0.2, 0.25) is 0 Å². The summed E-state index contributed by atoms with van der Waals surface area (Å²) in [5.41, 5.74) is 3.59. The first-order valence-electron chi connectivity index (χ1n) is 8.66. The Balaban J connectivity index is 1.68. The molecule has 0 fully saturated rings. The van der Waals surface area contributed by atoms with Gasteiger partial charge in [0.2, 0.25) is 0 Å². The molecule has 25 heavy (non-hydrogen) atoms. The number of nitrogens with zero attached hydrogens (tertiary/aromatic N) is 2.